The first-order valence-electron chi connectivity index (χ1n) is 5.19. The predicted molar refractivity (Wildman–Crippen MR) is 65.4 cm³/mol. The SMILES string of the molecule is C#CCOc1ccc(C=C2NC(=O)NC2=O)cc1. The summed E-state index contributed by atoms with van der Waals surface area (Å²) < 4.78 is 5.21. The molecular weight excluding hydrogens is 232 g/mol. The van der Waals surface area contributed by atoms with Crippen LogP contribution in [0.25, 0.3) is 6.08 Å². The molecule has 0 radical (unpaired) electrons. The van der Waals surface area contributed by atoms with Crippen LogP contribution in [0.1, 0.15) is 5.56 Å². The van der Waals surface area contributed by atoms with Crippen molar-refractivity contribution >= 4 is 18.0 Å². The maximum Gasteiger partial charge on any atom is 0.326 e. The van der Waals surface area contributed by atoms with Gasteiger partial charge in [-0.05, 0) is 23.8 Å². The van der Waals surface area contributed by atoms with E-state index in [9.17, 15) is 9.59 Å². The number of terminal acetylenes is 1. The number of ether oxygens (including phenoxy) is 1. The van der Waals surface area contributed by atoms with Crippen molar-refractivity contribution in [3.8, 4) is 18.1 Å². The Balaban J connectivity index is 2.11. The van der Waals surface area contributed by atoms with Gasteiger partial charge in [-0.1, -0.05) is 18.1 Å². The van der Waals surface area contributed by atoms with Crippen molar-refractivity contribution in [2.45, 2.75) is 0 Å². The zero-order chi connectivity index (χ0) is 13.0. The normalized spacial score (nSPS) is 16.1. The molecule has 0 aromatic heterocycles. The minimum atomic E-state index is -0.514. The quantitative estimate of drug-likeness (QED) is 0.469. The van der Waals surface area contributed by atoms with Crippen LogP contribution in [0, 0.1) is 12.3 Å². The Labute approximate surface area is 104 Å². The van der Waals surface area contributed by atoms with Gasteiger partial charge in [-0.2, -0.15) is 0 Å². The van der Waals surface area contributed by atoms with Crippen LogP contribution in [0.5, 0.6) is 5.75 Å². The zero-order valence-electron chi connectivity index (χ0n) is 9.40. The fourth-order valence-electron chi connectivity index (χ4n) is 1.43. The molecule has 0 spiro atoms. The van der Waals surface area contributed by atoms with E-state index in [-0.39, 0.29) is 12.3 Å². The molecule has 0 unspecified atom stereocenters. The van der Waals surface area contributed by atoms with Crippen LogP contribution < -0.4 is 15.4 Å². The highest BCUT2D eigenvalue weighted by molar-refractivity contribution is 6.13. The van der Waals surface area contributed by atoms with Crippen LogP contribution >= 0.6 is 0 Å². The molecule has 1 aliphatic rings. The molecule has 3 amide bonds. The van der Waals surface area contributed by atoms with Gasteiger partial charge in [-0.3, -0.25) is 10.1 Å². The van der Waals surface area contributed by atoms with Gasteiger partial charge in [-0.25, -0.2) is 4.79 Å². The summed E-state index contributed by atoms with van der Waals surface area (Å²) in [7, 11) is 0. The van der Waals surface area contributed by atoms with Gasteiger partial charge in [0.1, 0.15) is 18.1 Å². The monoisotopic (exact) mass is 242 g/mol. The van der Waals surface area contributed by atoms with Crippen molar-refractivity contribution in [1.29, 1.82) is 0 Å². The number of amides is 3. The third-order valence-electron chi connectivity index (χ3n) is 2.23. The van der Waals surface area contributed by atoms with Gasteiger partial charge in [0.05, 0.1) is 0 Å². The van der Waals surface area contributed by atoms with E-state index in [1.165, 1.54) is 0 Å². The summed E-state index contributed by atoms with van der Waals surface area (Å²) in [6.07, 6.45) is 6.65. The van der Waals surface area contributed by atoms with E-state index in [1.54, 1.807) is 30.3 Å². The second kappa shape index (κ2) is 5.06. The second-order valence-electron chi connectivity index (χ2n) is 3.53. The summed E-state index contributed by atoms with van der Waals surface area (Å²) in [6, 6.07) is 6.48. The summed E-state index contributed by atoms with van der Waals surface area (Å²) in [5, 5.41) is 4.53. The highest BCUT2D eigenvalue weighted by atomic mass is 16.5. The standard InChI is InChI=1S/C13H10N2O3/c1-2-7-18-10-5-3-9(4-6-10)8-11-12(16)15-13(17)14-11/h1,3-6,8H,7H2,(H2,14,15,16,17). The number of hydrogen-bond acceptors (Lipinski definition) is 3. The molecule has 1 saturated heterocycles. The van der Waals surface area contributed by atoms with Crippen molar-refractivity contribution in [1.82, 2.24) is 10.6 Å². The van der Waals surface area contributed by atoms with E-state index in [4.69, 9.17) is 11.2 Å². The molecule has 2 rings (SSSR count). The lowest BCUT2D eigenvalue weighted by Crippen LogP contribution is -2.22. The molecule has 0 bridgehead atoms. The molecule has 1 aliphatic heterocycles. The Morgan fingerprint density at radius 1 is 1.22 bits per heavy atom. The van der Waals surface area contributed by atoms with E-state index in [1.807, 2.05) is 0 Å². The second-order valence-corrected chi connectivity index (χ2v) is 3.53. The maximum atomic E-state index is 11.3. The van der Waals surface area contributed by atoms with Gasteiger partial charge in [0.15, 0.2) is 0 Å². The third kappa shape index (κ3) is 2.68. The van der Waals surface area contributed by atoms with Gasteiger partial charge < -0.3 is 10.1 Å². The Hall–Kier alpha value is -2.74. The van der Waals surface area contributed by atoms with E-state index in [2.05, 4.69) is 16.6 Å². The molecule has 2 N–H and O–H groups in total. The first kappa shape index (κ1) is 11.7. The van der Waals surface area contributed by atoms with Crippen molar-refractivity contribution in [2.75, 3.05) is 6.61 Å². The van der Waals surface area contributed by atoms with E-state index in [0.717, 1.165) is 5.56 Å². The number of imide groups is 1. The maximum absolute atomic E-state index is 11.3. The van der Waals surface area contributed by atoms with E-state index >= 15 is 0 Å². The van der Waals surface area contributed by atoms with Crippen LogP contribution in [0.15, 0.2) is 30.0 Å². The molecule has 5 nitrogen and oxygen atoms in total. The smallest absolute Gasteiger partial charge is 0.326 e. The Morgan fingerprint density at radius 2 is 1.94 bits per heavy atom. The van der Waals surface area contributed by atoms with Crippen molar-refractivity contribution < 1.29 is 14.3 Å². The minimum Gasteiger partial charge on any atom is -0.481 e. The predicted octanol–water partition coefficient (Wildman–Crippen LogP) is 0.879. The molecule has 1 fully saturated rings. The largest absolute Gasteiger partial charge is 0.481 e. The number of nitrogens with one attached hydrogen (secondary N) is 2. The Bertz CT molecular complexity index is 553. The van der Waals surface area contributed by atoms with Crippen molar-refractivity contribution in [3.05, 3.63) is 35.5 Å². The summed E-state index contributed by atoms with van der Waals surface area (Å²) in [5.41, 5.74) is 0.993. The summed E-state index contributed by atoms with van der Waals surface area (Å²) >= 11 is 0. The average Bonchev–Trinajstić information content (AvgIpc) is 2.67. The van der Waals surface area contributed by atoms with Gasteiger partial charge in [-0.15, -0.1) is 6.42 Å². The molecule has 0 atom stereocenters. The number of urea groups is 1. The number of carbonyl (C=O) groups is 2. The number of hydrogen-bond donors (Lipinski definition) is 2. The number of carbonyl (C=O) groups excluding carboxylic acids is 2. The highest BCUT2D eigenvalue weighted by Gasteiger charge is 2.22. The van der Waals surface area contributed by atoms with E-state index in [0.29, 0.717) is 5.75 Å². The van der Waals surface area contributed by atoms with Crippen LogP contribution in [-0.2, 0) is 4.79 Å². The first-order chi connectivity index (χ1) is 8.69. The Kier molecular flexibility index (Phi) is 3.30. The lowest BCUT2D eigenvalue weighted by atomic mass is 10.2. The van der Waals surface area contributed by atoms with Crippen LogP contribution in [0.3, 0.4) is 0 Å². The van der Waals surface area contributed by atoms with Crippen LogP contribution in [0.4, 0.5) is 4.79 Å². The minimum absolute atomic E-state index is 0.207. The van der Waals surface area contributed by atoms with Crippen molar-refractivity contribution in [3.63, 3.8) is 0 Å². The Morgan fingerprint density at radius 3 is 2.50 bits per heavy atom. The fourth-order valence-corrected chi connectivity index (χ4v) is 1.43. The van der Waals surface area contributed by atoms with Gasteiger partial charge >= 0.3 is 6.03 Å². The highest BCUT2D eigenvalue weighted by Crippen LogP contribution is 2.14. The molecule has 1 aromatic rings. The van der Waals surface area contributed by atoms with E-state index < -0.39 is 11.9 Å². The molecule has 90 valence electrons. The molecule has 0 aliphatic carbocycles. The van der Waals surface area contributed by atoms with Crippen LogP contribution in [-0.4, -0.2) is 18.5 Å². The lowest BCUT2D eigenvalue weighted by Gasteiger charge is -2.02. The van der Waals surface area contributed by atoms with Gasteiger partial charge in [0.2, 0.25) is 0 Å². The molecule has 18 heavy (non-hydrogen) atoms. The van der Waals surface area contributed by atoms with Crippen molar-refractivity contribution in [2.24, 2.45) is 0 Å². The number of rotatable bonds is 3. The summed E-state index contributed by atoms with van der Waals surface area (Å²) in [4.78, 5) is 22.2. The molecule has 5 heteroatoms. The van der Waals surface area contributed by atoms with Crippen LogP contribution in [0.2, 0.25) is 0 Å². The molecule has 1 heterocycles. The zero-order valence-corrected chi connectivity index (χ0v) is 9.40. The molecule has 0 saturated carbocycles. The third-order valence-corrected chi connectivity index (χ3v) is 2.23. The lowest BCUT2D eigenvalue weighted by molar-refractivity contribution is -0.115. The average molecular weight is 242 g/mol. The molecular formula is C13H10N2O3. The summed E-state index contributed by atoms with van der Waals surface area (Å²) in [5.74, 6) is 2.58. The molecule has 1 aromatic carbocycles. The fraction of sp³-hybridized carbons (Fsp3) is 0.0769. The van der Waals surface area contributed by atoms with Gasteiger partial charge in [0.25, 0.3) is 5.91 Å². The topological polar surface area (TPSA) is 67.4 Å². The summed E-state index contributed by atoms with van der Waals surface area (Å²) in [6.45, 7) is 0.207. The number of benzene rings is 1. The van der Waals surface area contributed by atoms with Gasteiger partial charge in [0, 0.05) is 0 Å². The first-order valence-corrected chi connectivity index (χ1v) is 5.19.